The molecule has 0 spiro atoms. The van der Waals surface area contributed by atoms with E-state index in [1.807, 2.05) is 45.0 Å². The fourth-order valence-electron chi connectivity index (χ4n) is 2.20. The Balaban J connectivity index is 2.44. The summed E-state index contributed by atoms with van der Waals surface area (Å²) in [6.07, 6.45) is -0.913. The molecule has 94 valence electrons. The van der Waals surface area contributed by atoms with Gasteiger partial charge in [0.1, 0.15) is 11.9 Å². The van der Waals surface area contributed by atoms with Crippen molar-refractivity contribution in [3.63, 3.8) is 0 Å². The van der Waals surface area contributed by atoms with Crippen LogP contribution in [0.3, 0.4) is 0 Å². The first kappa shape index (κ1) is 12.8. The van der Waals surface area contributed by atoms with Gasteiger partial charge in [0.15, 0.2) is 0 Å². The normalized spacial score (nSPS) is 12.5. The quantitative estimate of drug-likeness (QED) is 0.851. The summed E-state index contributed by atoms with van der Waals surface area (Å²) in [6.45, 7) is 5.76. The third-order valence-electron chi connectivity index (χ3n) is 3.01. The lowest BCUT2D eigenvalue weighted by atomic mass is 9.97. The lowest BCUT2D eigenvalue weighted by Gasteiger charge is -2.14. The lowest BCUT2D eigenvalue weighted by molar-refractivity contribution is 0.215. The first-order valence-electron chi connectivity index (χ1n) is 5.99. The minimum absolute atomic E-state index is 0.325. The van der Waals surface area contributed by atoms with E-state index in [4.69, 9.17) is 0 Å². The van der Waals surface area contributed by atoms with E-state index in [1.54, 1.807) is 6.07 Å². The molecule has 0 aliphatic rings. The Kier molecular flexibility index (Phi) is 3.48. The van der Waals surface area contributed by atoms with Crippen LogP contribution < -0.4 is 0 Å². The van der Waals surface area contributed by atoms with Crippen molar-refractivity contribution in [3.05, 3.63) is 70.0 Å². The van der Waals surface area contributed by atoms with Gasteiger partial charge in [0.2, 0.25) is 0 Å². The molecule has 0 aromatic heterocycles. The van der Waals surface area contributed by atoms with E-state index in [-0.39, 0.29) is 5.82 Å². The number of benzene rings is 2. The lowest BCUT2D eigenvalue weighted by Crippen LogP contribution is -2.03. The number of hydrogen-bond acceptors (Lipinski definition) is 1. The molecule has 2 rings (SSSR count). The highest BCUT2D eigenvalue weighted by molar-refractivity contribution is 5.36. The molecular weight excluding hydrogens is 227 g/mol. The molecule has 0 bridgehead atoms. The number of aliphatic hydroxyl groups is 1. The van der Waals surface area contributed by atoms with Crippen molar-refractivity contribution in [1.29, 1.82) is 0 Å². The molecule has 1 N–H and O–H groups in total. The van der Waals surface area contributed by atoms with E-state index in [9.17, 15) is 9.50 Å². The second-order valence-corrected chi connectivity index (χ2v) is 4.85. The van der Waals surface area contributed by atoms with Gasteiger partial charge in [-0.15, -0.1) is 0 Å². The van der Waals surface area contributed by atoms with E-state index >= 15 is 0 Å². The Morgan fingerprint density at radius 3 is 2.06 bits per heavy atom. The van der Waals surface area contributed by atoms with E-state index in [1.165, 1.54) is 6.07 Å². The summed E-state index contributed by atoms with van der Waals surface area (Å²) in [6, 6.07) is 10.7. The zero-order valence-corrected chi connectivity index (χ0v) is 10.9. The van der Waals surface area contributed by atoms with Crippen LogP contribution in [0.4, 0.5) is 4.39 Å². The minimum Gasteiger partial charge on any atom is -0.384 e. The molecule has 0 aliphatic heterocycles. The van der Waals surface area contributed by atoms with Crippen LogP contribution in [-0.4, -0.2) is 5.11 Å². The van der Waals surface area contributed by atoms with Crippen molar-refractivity contribution in [1.82, 2.24) is 0 Å². The van der Waals surface area contributed by atoms with Crippen LogP contribution in [0.15, 0.2) is 36.4 Å². The molecule has 0 amide bonds. The van der Waals surface area contributed by atoms with Crippen molar-refractivity contribution >= 4 is 0 Å². The Hall–Kier alpha value is -1.67. The maximum absolute atomic E-state index is 13.8. The van der Waals surface area contributed by atoms with Gasteiger partial charge >= 0.3 is 0 Å². The van der Waals surface area contributed by atoms with Gasteiger partial charge in [0.25, 0.3) is 0 Å². The number of rotatable bonds is 2. The third kappa shape index (κ3) is 2.59. The molecule has 0 radical (unpaired) electrons. The molecule has 0 heterocycles. The molecular formula is C16H17FO. The standard InChI is InChI=1S/C16H17FO/c1-10-4-5-14(15(17)9-10)16(18)13-7-11(2)6-12(3)8-13/h4-9,16,18H,1-3H3. The summed E-state index contributed by atoms with van der Waals surface area (Å²) < 4.78 is 13.8. The number of aryl methyl sites for hydroxylation is 3. The van der Waals surface area contributed by atoms with E-state index in [0.717, 1.165) is 22.3 Å². The number of halogens is 1. The average Bonchev–Trinajstić information content (AvgIpc) is 2.26. The topological polar surface area (TPSA) is 20.2 Å². The molecule has 1 unspecified atom stereocenters. The average molecular weight is 244 g/mol. The molecule has 1 atom stereocenters. The van der Waals surface area contributed by atoms with E-state index in [0.29, 0.717) is 5.56 Å². The van der Waals surface area contributed by atoms with E-state index < -0.39 is 6.10 Å². The SMILES string of the molecule is Cc1cc(C)cc(C(O)c2ccc(C)cc2F)c1. The Morgan fingerprint density at radius 2 is 1.50 bits per heavy atom. The van der Waals surface area contributed by atoms with Gasteiger partial charge in [-0.25, -0.2) is 4.39 Å². The maximum Gasteiger partial charge on any atom is 0.129 e. The van der Waals surface area contributed by atoms with Crippen LogP contribution in [-0.2, 0) is 0 Å². The molecule has 0 saturated heterocycles. The zero-order chi connectivity index (χ0) is 13.3. The van der Waals surface area contributed by atoms with Crippen molar-refractivity contribution in [2.75, 3.05) is 0 Å². The maximum atomic E-state index is 13.8. The largest absolute Gasteiger partial charge is 0.384 e. The van der Waals surface area contributed by atoms with Gasteiger partial charge in [0.05, 0.1) is 0 Å². The van der Waals surface area contributed by atoms with Crippen LogP contribution in [0.25, 0.3) is 0 Å². The van der Waals surface area contributed by atoms with Crippen LogP contribution in [0.1, 0.15) is 33.9 Å². The first-order chi connectivity index (χ1) is 8.47. The molecule has 1 nitrogen and oxygen atoms in total. The molecule has 0 aliphatic carbocycles. The summed E-state index contributed by atoms with van der Waals surface area (Å²) in [5.74, 6) is -0.360. The van der Waals surface area contributed by atoms with Gasteiger partial charge in [0, 0.05) is 5.56 Å². The number of hydrogen-bond donors (Lipinski definition) is 1. The van der Waals surface area contributed by atoms with Gasteiger partial charge in [-0.3, -0.25) is 0 Å². The summed E-state index contributed by atoms with van der Waals surface area (Å²) in [5, 5.41) is 10.3. The zero-order valence-electron chi connectivity index (χ0n) is 10.9. The van der Waals surface area contributed by atoms with Crippen molar-refractivity contribution < 1.29 is 9.50 Å². The van der Waals surface area contributed by atoms with E-state index in [2.05, 4.69) is 0 Å². The highest BCUT2D eigenvalue weighted by Crippen LogP contribution is 2.26. The van der Waals surface area contributed by atoms with Crippen molar-refractivity contribution in [3.8, 4) is 0 Å². The predicted molar refractivity (Wildman–Crippen MR) is 71.1 cm³/mol. The highest BCUT2D eigenvalue weighted by atomic mass is 19.1. The van der Waals surface area contributed by atoms with Crippen molar-refractivity contribution in [2.24, 2.45) is 0 Å². The highest BCUT2D eigenvalue weighted by Gasteiger charge is 2.15. The van der Waals surface area contributed by atoms with Gasteiger partial charge in [-0.1, -0.05) is 41.5 Å². The summed E-state index contributed by atoms with van der Waals surface area (Å²) >= 11 is 0. The van der Waals surface area contributed by atoms with Gasteiger partial charge in [-0.2, -0.15) is 0 Å². The van der Waals surface area contributed by atoms with Crippen LogP contribution in [0.5, 0.6) is 0 Å². The molecule has 2 aromatic carbocycles. The molecule has 2 heteroatoms. The Bertz CT molecular complexity index is 555. The fraction of sp³-hybridized carbons (Fsp3) is 0.250. The second-order valence-electron chi connectivity index (χ2n) is 4.85. The van der Waals surface area contributed by atoms with Crippen molar-refractivity contribution in [2.45, 2.75) is 26.9 Å². The molecule has 0 fully saturated rings. The monoisotopic (exact) mass is 244 g/mol. The molecule has 0 saturated carbocycles. The summed E-state index contributed by atoms with van der Waals surface area (Å²) in [7, 11) is 0. The van der Waals surface area contributed by atoms with Crippen LogP contribution in [0, 0.1) is 26.6 Å². The Labute approximate surface area is 107 Å². The smallest absolute Gasteiger partial charge is 0.129 e. The predicted octanol–water partition coefficient (Wildman–Crippen LogP) is 3.83. The molecule has 2 aromatic rings. The van der Waals surface area contributed by atoms with Crippen LogP contribution >= 0.6 is 0 Å². The molecule has 18 heavy (non-hydrogen) atoms. The second kappa shape index (κ2) is 4.91. The minimum atomic E-state index is -0.913. The Morgan fingerprint density at radius 1 is 0.889 bits per heavy atom. The third-order valence-corrected chi connectivity index (χ3v) is 3.01. The fourth-order valence-corrected chi connectivity index (χ4v) is 2.20. The summed E-state index contributed by atoms with van der Waals surface area (Å²) in [4.78, 5) is 0. The first-order valence-corrected chi connectivity index (χ1v) is 5.99. The van der Waals surface area contributed by atoms with Gasteiger partial charge in [-0.05, 0) is 38.0 Å². The number of aliphatic hydroxyl groups excluding tert-OH is 1. The van der Waals surface area contributed by atoms with Crippen LogP contribution in [0.2, 0.25) is 0 Å². The summed E-state index contributed by atoms with van der Waals surface area (Å²) in [5.41, 5.74) is 4.04. The van der Waals surface area contributed by atoms with Gasteiger partial charge < -0.3 is 5.11 Å².